The molecule has 3 nitrogen and oxygen atoms in total. The van der Waals surface area contributed by atoms with Gasteiger partial charge < -0.3 is 10.3 Å². The van der Waals surface area contributed by atoms with E-state index in [0.717, 1.165) is 27.0 Å². The summed E-state index contributed by atoms with van der Waals surface area (Å²) in [6.07, 6.45) is 2.14. The van der Waals surface area contributed by atoms with Gasteiger partial charge in [0.1, 0.15) is 5.83 Å². The van der Waals surface area contributed by atoms with Crippen molar-refractivity contribution in [3.05, 3.63) is 89.3 Å². The molecule has 0 aliphatic carbocycles. The second-order valence-corrected chi connectivity index (χ2v) is 9.24. The SMILES string of the molecule is CC(C)(Cn1c(-c2cccs2)c(/C(F)=C/Cc2ccccc2)c2ccccc21)C(N)=O. The molecule has 0 bridgehead atoms. The molecule has 2 N–H and O–H groups in total. The number of nitrogens with zero attached hydrogens (tertiary/aromatic N) is 1. The van der Waals surface area contributed by atoms with E-state index in [4.69, 9.17) is 5.73 Å². The molecule has 1 amide bonds. The molecule has 5 heteroatoms. The Labute approximate surface area is 185 Å². The number of allylic oxidation sites excluding steroid dienone is 1. The molecular formula is C26H25FN2OS. The van der Waals surface area contributed by atoms with Gasteiger partial charge in [0, 0.05) is 23.0 Å². The summed E-state index contributed by atoms with van der Waals surface area (Å²) in [5.41, 5.74) is 8.18. The number of nitrogens with two attached hydrogens (primary N) is 1. The number of para-hydroxylation sites is 1. The molecular weight excluding hydrogens is 407 g/mol. The third kappa shape index (κ3) is 4.19. The van der Waals surface area contributed by atoms with E-state index in [-0.39, 0.29) is 11.7 Å². The first-order chi connectivity index (χ1) is 14.9. The molecule has 4 aromatic rings. The maximum absolute atomic E-state index is 15.8. The molecule has 0 saturated heterocycles. The number of amides is 1. The van der Waals surface area contributed by atoms with Crippen LogP contribution in [0.1, 0.15) is 25.0 Å². The number of aromatic nitrogens is 1. The van der Waals surface area contributed by atoms with Crippen LogP contribution in [0.15, 0.2) is 78.2 Å². The summed E-state index contributed by atoms with van der Waals surface area (Å²) in [6.45, 7) is 4.01. The van der Waals surface area contributed by atoms with Crippen LogP contribution in [0.25, 0.3) is 27.3 Å². The average Bonchev–Trinajstić information content (AvgIpc) is 3.39. The Bertz CT molecular complexity index is 1240. The molecule has 0 aliphatic heterocycles. The molecule has 0 saturated carbocycles. The second-order valence-electron chi connectivity index (χ2n) is 8.29. The zero-order valence-corrected chi connectivity index (χ0v) is 18.5. The number of hydrogen-bond acceptors (Lipinski definition) is 2. The van der Waals surface area contributed by atoms with Gasteiger partial charge in [-0.25, -0.2) is 4.39 Å². The van der Waals surface area contributed by atoms with E-state index in [1.54, 1.807) is 17.4 Å². The first-order valence-corrected chi connectivity index (χ1v) is 11.1. The fraction of sp³-hybridized carbons (Fsp3) is 0.192. The molecule has 0 fully saturated rings. The van der Waals surface area contributed by atoms with Gasteiger partial charge in [0.25, 0.3) is 0 Å². The number of thiophene rings is 1. The third-order valence-electron chi connectivity index (χ3n) is 5.54. The molecule has 0 atom stereocenters. The number of primary amides is 1. The van der Waals surface area contributed by atoms with Gasteiger partial charge in [0.15, 0.2) is 0 Å². The van der Waals surface area contributed by atoms with Gasteiger partial charge in [-0.05, 0) is 49.4 Å². The smallest absolute Gasteiger partial charge is 0.224 e. The van der Waals surface area contributed by atoms with Crippen LogP contribution in [-0.4, -0.2) is 10.5 Å². The molecule has 2 aromatic heterocycles. The molecule has 4 rings (SSSR count). The fourth-order valence-corrected chi connectivity index (χ4v) is 4.56. The minimum absolute atomic E-state index is 0.265. The van der Waals surface area contributed by atoms with Crippen LogP contribution in [0.5, 0.6) is 0 Å². The Balaban J connectivity index is 1.92. The molecule has 2 heterocycles. The number of carbonyl (C=O) groups excluding carboxylic acids is 1. The predicted octanol–water partition coefficient (Wildman–Crippen LogP) is 6.43. The van der Waals surface area contributed by atoms with E-state index in [1.165, 1.54) is 0 Å². The summed E-state index contributed by atoms with van der Waals surface area (Å²) in [5, 5.41) is 2.80. The van der Waals surface area contributed by atoms with Crippen molar-refractivity contribution in [2.24, 2.45) is 11.1 Å². The number of benzene rings is 2. The van der Waals surface area contributed by atoms with E-state index in [2.05, 4.69) is 0 Å². The maximum Gasteiger partial charge on any atom is 0.224 e. The Morgan fingerprint density at radius 3 is 2.45 bits per heavy atom. The Kier molecular flexibility index (Phi) is 5.79. The van der Waals surface area contributed by atoms with Crippen molar-refractivity contribution in [2.75, 3.05) is 0 Å². The Hall–Kier alpha value is -3.18. The standard InChI is InChI=1S/C26H25FN2OS/c1-26(2,25(28)30)17-29-21-12-7-6-11-19(21)23(24(29)22-13-8-16-31-22)20(27)15-14-18-9-4-3-5-10-18/h3-13,15-16H,14,17H2,1-2H3,(H2,28,30)/b20-15-. The largest absolute Gasteiger partial charge is 0.369 e. The van der Waals surface area contributed by atoms with Gasteiger partial charge in [0.05, 0.1) is 16.0 Å². The van der Waals surface area contributed by atoms with Crippen molar-refractivity contribution in [3.63, 3.8) is 0 Å². The maximum atomic E-state index is 15.8. The minimum atomic E-state index is -0.782. The van der Waals surface area contributed by atoms with Crippen LogP contribution in [0.2, 0.25) is 0 Å². The normalized spacial score (nSPS) is 12.4. The molecule has 158 valence electrons. The van der Waals surface area contributed by atoms with E-state index in [1.807, 2.05) is 90.5 Å². The van der Waals surface area contributed by atoms with Gasteiger partial charge in [-0.1, -0.05) is 54.6 Å². The summed E-state index contributed by atoms with van der Waals surface area (Å²) < 4.78 is 17.8. The van der Waals surface area contributed by atoms with E-state index in [0.29, 0.717) is 18.5 Å². The van der Waals surface area contributed by atoms with Crippen LogP contribution in [-0.2, 0) is 17.8 Å². The predicted molar refractivity (Wildman–Crippen MR) is 127 cm³/mol. The van der Waals surface area contributed by atoms with Crippen LogP contribution in [0.4, 0.5) is 4.39 Å². The number of hydrogen-bond donors (Lipinski definition) is 1. The molecule has 0 radical (unpaired) electrons. The van der Waals surface area contributed by atoms with Crippen LogP contribution < -0.4 is 5.73 Å². The highest BCUT2D eigenvalue weighted by molar-refractivity contribution is 7.13. The molecule has 2 aromatic carbocycles. The second kappa shape index (κ2) is 8.52. The number of carbonyl (C=O) groups is 1. The molecule has 0 spiro atoms. The lowest BCUT2D eigenvalue weighted by Gasteiger charge is -2.23. The minimum Gasteiger partial charge on any atom is -0.369 e. The highest BCUT2D eigenvalue weighted by atomic mass is 32.1. The quantitative estimate of drug-likeness (QED) is 0.359. The summed E-state index contributed by atoms with van der Waals surface area (Å²) >= 11 is 1.55. The van der Waals surface area contributed by atoms with Gasteiger partial charge in [-0.2, -0.15) is 0 Å². The Morgan fingerprint density at radius 1 is 1.06 bits per heavy atom. The van der Waals surface area contributed by atoms with E-state index < -0.39 is 5.41 Å². The highest BCUT2D eigenvalue weighted by Gasteiger charge is 2.30. The van der Waals surface area contributed by atoms with Crippen molar-refractivity contribution in [3.8, 4) is 10.6 Å². The van der Waals surface area contributed by atoms with Crippen molar-refractivity contribution in [1.29, 1.82) is 0 Å². The highest BCUT2D eigenvalue weighted by Crippen LogP contribution is 2.41. The van der Waals surface area contributed by atoms with Crippen molar-refractivity contribution in [2.45, 2.75) is 26.8 Å². The lowest BCUT2D eigenvalue weighted by atomic mass is 9.92. The first-order valence-electron chi connectivity index (χ1n) is 10.2. The zero-order chi connectivity index (χ0) is 22.0. The average molecular weight is 433 g/mol. The summed E-state index contributed by atoms with van der Waals surface area (Å²) in [7, 11) is 0. The molecule has 0 aliphatic rings. The van der Waals surface area contributed by atoms with Crippen LogP contribution in [0, 0.1) is 5.41 Å². The monoisotopic (exact) mass is 432 g/mol. The van der Waals surface area contributed by atoms with E-state index >= 15 is 4.39 Å². The summed E-state index contributed by atoms with van der Waals surface area (Å²) in [6, 6.07) is 21.5. The molecule has 0 unspecified atom stereocenters. The number of halogens is 1. The topological polar surface area (TPSA) is 48.0 Å². The van der Waals surface area contributed by atoms with Gasteiger partial charge >= 0.3 is 0 Å². The summed E-state index contributed by atoms with van der Waals surface area (Å²) in [5.74, 6) is -0.650. The lowest BCUT2D eigenvalue weighted by molar-refractivity contribution is -0.126. The van der Waals surface area contributed by atoms with Crippen molar-refractivity contribution < 1.29 is 9.18 Å². The zero-order valence-electron chi connectivity index (χ0n) is 17.6. The Morgan fingerprint density at radius 2 is 1.77 bits per heavy atom. The van der Waals surface area contributed by atoms with Crippen LogP contribution >= 0.6 is 11.3 Å². The first kappa shape index (κ1) is 21.1. The third-order valence-corrected chi connectivity index (χ3v) is 6.42. The van der Waals surface area contributed by atoms with Crippen molar-refractivity contribution in [1.82, 2.24) is 4.57 Å². The number of fused-ring (bicyclic) bond motifs is 1. The fourth-order valence-electron chi connectivity index (χ4n) is 3.78. The van der Waals surface area contributed by atoms with E-state index in [9.17, 15) is 4.79 Å². The molecule has 31 heavy (non-hydrogen) atoms. The lowest BCUT2D eigenvalue weighted by Crippen LogP contribution is -2.35. The van der Waals surface area contributed by atoms with Gasteiger partial charge in [-0.15, -0.1) is 11.3 Å². The number of rotatable bonds is 7. The van der Waals surface area contributed by atoms with Crippen molar-refractivity contribution >= 4 is 34.0 Å². The van der Waals surface area contributed by atoms with Gasteiger partial charge in [0.2, 0.25) is 5.91 Å². The van der Waals surface area contributed by atoms with Gasteiger partial charge in [-0.3, -0.25) is 4.79 Å². The summed E-state index contributed by atoms with van der Waals surface area (Å²) in [4.78, 5) is 13.0. The van der Waals surface area contributed by atoms with Crippen LogP contribution in [0.3, 0.4) is 0 Å².